The molecule has 2 aromatic carbocycles. The highest BCUT2D eigenvalue weighted by Crippen LogP contribution is 2.36. The van der Waals surface area contributed by atoms with Crippen molar-refractivity contribution in [3.8, 4) is 17.2 Å². The summed E-state index contributed by atoms with van der Waals surface area (Å²) in [5, 5.41) is 15.7. The zero-order chi connectivity index (χ0) is 18.0. The van der Waals surface area contributed by atoms with Crippen LogP contribution in [0.15, 0.2) is 47.6 Å². The lowest BCUT2D eigenvalue weighted by Gasteiger charge is -2.20. The molecule has 1 amide bonds. The first kappa shape index (κ1) is 16.8. The van der Waals surface area contributed by atoms with Gasteiger partial charge in [-0.15, -0.1) is 0 Å². The molecule has 0 fully saturated rings. The maximum Gasteiger partial charge on any atom is 0.240 e. The van der Waals surface area contributed by atoms with Gasteiger partial charge in [0.1, 0.15) is 17.2 Å². The van der Waals surface area contributed by atoms with Crippen LogP contribution in [0.5, 0.6) is 17.2 Å². The van der Waals surface area contributed by atoms with E-state index in [-0.39, 0.29) is 17.7 Å². The Kier molecular flexibility index (Phi) is 4.61. The van der Waals surface area contributed by atoms with Gasteiger partial charge in [-0.3, -0.25) is 4.79 Å². The third-order valence-corrected chi connectivity index (χ3v) is 4.21. The van der Waals surface area contributed by atoms with Gasteiger partial charge in [-0.1, -0.05) is 12.1 Å². The molecule has 1 aliphatic rings. The lowest BCUT2D eigenvalue weighted by atomic mass is 9.97. The predicted molar refractivity (Wildman–Crippen MR) is 94.1 cm³/mol. The highest BCUT2D eigenvalue weighted by atomic mass is 16.5. The van der Waals surface area contributed by atoms with Crippen LogP contribution in [0.4, 0.5) is 0 Å². The maximum atomic E-state index is 12.1. The molecule has 0 bridgehead atoms. The molecule has 130 valence electrons. The van der Waals surface area contributed by atoms with E-state index in [1.165, 1.54) is 11.9 Å². The molecule has 0 aromatic heterocycles. The van der Waals surface area contributed by atoms with Crippen LogP contribution in [0.25, 0.3) is 0 Å². The summed E-state index contributed by atoms with van der Waals surface area (Å²) in [6.07, 6.45) is 0.520. The topological polar surface area (TPSA) is 71.4 Å². The molecule has 0 unspecified atom stereocenters. The van der Waals surface area contributed by atoms with Gasteiger partial charge in [0.2, 0.25) is 5.91 Å². The van der Waals surface area contributed by atoms with Crippen LogP contribution in [0.1, 0.15) is 30.5 Å². The summed E-state index contributed by atoms with van der Waals surface area (Å²) in [5.74, 6) is 1.35. The summed E-state index contributed by atoms with van der Waals surface area (Å²) in [6, 6.07) is 12.1. The first-order valence-electron chi connectivity index (χ1n) is 7.92. The van der Waals surface area contributed by atoms with Crippen LogP contribution in [0.3, 0.4) is 0 Å². The molecule has 0 radical (unpaired) electrons. The van der Waals surface area contributed by atoms with Crippen molar-refractivity contribution in [1.82, 2.24) is 5.01 Å². The highest BCUT2D eigenvalue weighted by Gasteiger charge is 2.32. The number of ether oxygens (including phenoxy) is 2. The second kappa shape index (κ2) is 6.84. The largest absolute Gasteiger partial charge is 0.508 e. The Morgan fingerprint density at radius 3 is 2.64 bits per heavy atom. The Labute approximate surface area is 146 Å². The van der Waals surface area contributed by atoms with Crippen LogP contribution in [0.2, 0.25) is 0 Å². The van der Waals surface area contributed by atoms with E-state index >= 15 is 0 Å². The van der Waals surface area contributed by atoms with E-state index in [9.17, 15) is 9.90 Å². The number of hydrogen-bond donors (Lipinski definition) is 1. The SMILES string of the molecule is COc1ccc(OC)c(C2=NN(C(C)=O)[C@@H](c3cccc(O)c3)C2)c1. The number of benzene rings is 2. The van der Waals surface area contributed by atoms with Gasteiger partial charge in [-0.25, -0.2) is 5.01 Å². The fourth-order valence-corrected chi connectivity index (χ4v) is 2.99. The van der Waals surface area contributed by atoms with E-state index < -0.39 is 0 Å². The van der Waals surface area contributed by atoms with Gasteiger partial charge >= 0.3 is 0 Å². The van der Waals surface area contributed by atoms with E-state index in [0.29, 0.717) is 17.9 Å². The number of nitrogens with zero attached hydrogens (tertiary/aromatic N) is 2. The van der Waals surface area contributed by atoms with Crippen molar-refractivity contribution >= 4 is 11.6 Å². The van der Waals surface area contributed by atoms with E-state index in [1.54, 1.807) is 32.4 Å². The van der Waals surface area contributed by atoms with Crippen molar-refractivity contribution in [2.24, 2.45) is 5.10 Å². The molecule has 6 nitrogen and oxygen atoms in total. The number of methoxy groups -OCH3 is 2. The minimum atomic E-state index is -0.268. The van der Waals surface area contributed by atoms with Crippen molar-refractivity contribution in [1.29, 1.82) is 0 Å². The van der Waals surface area contributed by atoms with Crippen molar-refractivity contribution in [2.75, 3.05) is 14.2 Å². The van der Waals surface area contributed by atoms with Gasteiger partial charge in [0.05, 0.1) is 26.0 Å². The minimum absolute atomic E-state index is 0.161. The summed E-state index contributed by atoms with van der Waals surface area (Å²) in [5.41, 5.74) is 2.35. The zero-order valence-corrected chi connectivity index (χ0v) is 14.4. The molecular formula is C19H20N2O4. The Morgan fingerprint density at radius 1 is 1.20 bits per heavy atom. The molecule has 0 saturated carbocycles. The van der Waals surface area contributed by atoms with Crippen molar-refractivity contribution in [3.05, 3.63) is 53.6 Å². The molecular weight excluding hydrogens is 320 g/mol. The molecule has 2 aromatic rings. The number of hydrazone groups is 1. The third kappa shape index (κ3) is 3.28. The lowest BCUT2D eigenvalue weighted by molar-refractivity contribution is -0.130. The molecule has 0 aliphatic carbocycles. The van der Waals surface area contributed by atoms with Crippen molar-refractivity contribution < 1.29 is 19.4 Å². The van der Waals surface area contributed by atoms with Crippen molar-refractivity contribution in [2.45, 2.75) is 19.4 Å². The van der Waals surface area contributed by atoms with Crippen LogP contribution in [0, 0.1) is 0 Å². The van der Waals surface area contributed by atoms with Crippen LogP contribution in [-0.4, -0.2) is 36.0 Å². The Hall–Kier alpha value is -3.02. The van der Waals surface area contributed by atoms with Gasteiger partial charge in [-0.05, 0) is 35.9 Å². The molecule has 1 atom stereocenters. The number of hydrogen-bond acceptors (Lipinski definition) is 5. The number of aromatic hydroxyl groups is 1. The van der Waals surface area contributed by atoms with Crippen LogP contribution in [-0.2, 0) is 4.79 Å². The molecule has 0 saturated heterocycles. The second-order valence-corrected chi connectivity index (χ2v) is 5.79. The number of phenols is 1. The standard InChI is InChI=1S/C19H20N2O4/c1-12(22)21-18(13-5-4-6-14(23)9-13)11-17(20-21)16-10-15(24-2)7-8-19(16)25-3/h4-10,18,23H,11H2,1-3H3/t18-/m1/s1. The first-order chi connectivity index (χ1) is 12.0. The maximum absolute atomic E-state index is 12.1. The summed E-state index contributed by atoms with van der Waals surface area (Å²) in [6.45, 7) is 1.48. The summed E-state index contributed by atoms with van der Waals surface area (Å²) in [7, 11) is 3.19. The molecule has 3 rings (SSSR count). The normalized spacial score (nSPS) is 16.5. The summed E-state index contributed by atoms with van der Waals surface area (Å²) in [4.78, 5) is 12.1. The molecule has 1 aliphatic heterocycles. The fourth-order valence-electron chi connectivity index (χ4n) is 2.99. The lowest BCUT2D eigenvalue weighted by Crippen LogP contribution is -2.24. The second-order valence-electron chi connectivity index (χ2n) is 5.79. The minimum Gasteiger partial charge on any atom is -0.508 e. The quantitative estimate of drug-likeness (QED) is 0.928. The van der Waals surface area contributed by atoms with Gasteiger partial charge in [0, 0.05) is 18.9 Å². The van der Waals surface area contributed by atoms with Gasteiger partial charge in [0.15, 0.2) is 0 Å². The number of rotatable bonds is 4. The average molecular weight is 340 g/mol. The number of carbonyl (C=O) groups excluding carboxylic acids is 1. The smallest absolute Gasteiger partial charge is 0.240 e. The van der Waals surface area contributed by atoms with Gasteiger partial charge in [-0.2, -0.15) is 5.10 Å². The monoisotopic (exact) mass is 340 g/mol. The number of carbonyl (C=O) groups is 1. The molecule has 25 heavy (non-hydrogen) atoms. The van der Waals surface area contributed by atoms with Gasteiger partial charge < -0.3 is 14.6 Å². The number of amides is 1. The average Bonchev–Trinajstić information content (AvgIpc) is 3.06. The first-order valence-corrected chi connectivity index (χ1v) is 7.92. The predicted octanol–water partition coefficient (Wildman–Crippen LogP) is 3.11. The van der Waals surface area contributed by atoms with Crippen LogP contribution >= 0.6 is 0 Å². The molecule has 0 spiro atoms. The summed E-state index contributed by atoms with van der Waals surface area (Å²) >= 11 is 0. The number of phenolic OH excluding ortho intramolecular Hbond substituents is 1. The Balaban J connectivity index is 2.02. The fraction of sp³-hybridized carbons (Fsp3) is 0.263. The van der Waals surface area contributed by atoms with Crippen LogP contribution < -0.4 is 9.47 Å². The summed E-state index contributed by atoms with van der Waals surface area (Å²) < 4.78 is 10.7. The highest BCUT2D eigenvalue weighted by molar-refractivity contribution is 6.05. The molecule has 1 N–H and O–H groups in total. The van der Waals surface area contributed by atoms with E-state index in [1.807, 2.05) is 24.3 Å². The molecule has 1 heterocycles. The van der Waals surface area contributed by atoms with Crippen molar-refractivity contribution in [3.63, 3.8) is 0 Å². The molecule has 6 heteroatoms. The van der Waals surface area contributed by atoms with E-state index in [2.05, 4.69) is 5.10 Å². The van der Waals surface area contributed by atoms with E-state index in [4.69, 9.17) is 9.47 Å². The zero-order valence-electron chi connectivity index (χ0n) is 14.4. The van der Waals surface area contributed by atoms with E-state index in [0.717, 1.165) is 16.8 Å². The van der Waals surface area contributed by atoms with Gasteiger partial charge in [0.25, 0.3) is 0 Å². The Bertz CT molecular complexity index is 832. The third-order valence-electron chi connectivity index (χ3n) is 4.21. The Morgan fingerprint density at radius 2 is 2.00 bits per heavy atom.